The van der Waals surface area contributed by atoms with Crippen molar-refractivity contribution in [2.45, 2.75) is 0 Å². The smallest absolute Gasteiger partial charge is 0.164 e. The second kappa shape index (κ2) is 13.1. The third-order valence-corrected chi connectivity index (χ3v) is 12.0. The van der Waals surface area contributed by atoms with Crippen LogP contribution in [-0.4, -0.2) is 19.5 Å². The van der Waals surface area contributed by atoms with Gasteiger partial charge in [-0.2, -0.15) is 0 Å². The summed E-state index contributed by atoms with van der Waals surface area (Å²) in [6, 6.07) is 67.5. The van der Waals surface area contributed by atoms with Crippen molar-refractivity contribution in [2.75, 3.05) is 0 Å². The topological polar surface area (TPSA) is 69.9 Å². The predicted molar refractivity (Wildman–Crippen MR) is 248 cm³/mol. The first-order valence-corrected chi connectivity index (χ1v) is 20.4. The van der Waals surface area contributed by atoms with E-state index in [-0.39, 0.29) is 0 Å². The van der Waals surface area contributed by atoms with E-state index in [0.717, 1.165) is 88.4 Å². The Morgan fingerprint density at radius 3 is 1.79 bits per heavy atom. The van der Waals surface area contributed by atoms with Gasteiger partial charge in [0.25, 0.3) is 0 Å². The number of nitrogens with zero attached hydrogens (tertiary/aromatic N) is 4. The molecule has 0 saturated heterocycles. The summed E-state index contributed by atoms with van der Waals surface area (Å²) in [7, 11) is 0. The summed E-state index contributed by atoms with van der Waals surface area (Å²) >= 11 is 0. The van der Waals surface area contributed by atoms with E-state index >= 15 is 0 Å². The van der Waals surface area contributed by atoms with Crippen LogP contribution in [0.3, 0.4) is 0 Å². The first-order chi connectivity index (χ1) is 30.2. The molecule has 0 unspecified atom stereocenters. The number of hydrogen-bond donors (Lipinski definition) is 0. The van der Waals surface area contributed by atoms with Gasteiger partial charge in [0, 0.05) is 60.3 Å². The molecule has 0 spiro atoms. The van der Waals surface area contributed by atoms with Crippen molar-refractivity contribution in [2.24, 2.45) is 0 Å². The van der Waals surface area contributed by atoms with Gasteiger partial charge in [-0.3, -0.25) is 0 Å². The Morgan fingerprint density at radius 1 is 0.344 bits per heavy atom. The Bertz CT molecular complexity index is 3900. The van der Waals surface area contributed by atoms with Gasteiger partial charge in [-0.05, 0) is 64.9 Å². The molecular formula is C55H32N4O2. The third kappa shape index (κ3) is 5.19. The molecule has 0 aliphatic carbocycles. The highest BCUT2D eigenvalue weighted by Crippen LogP contribution is 2.45. The molecule has 0 fully saturated rings. The molecule has 13 rings (SSSR count). The summed E-state index contributed by atoms with van der Waals surface area (Å²) in [6.07, 6.45) is 0. The van der Waals surface area contributed by atoms with Crippen LogP contribution in [0, 0.1) is 0 Å². The van der Waals surface area contributed by atoms with Crippen LogP contribution in [0.25, 0.3) is 127 Å². The lowest BCUT2D eigenvalue weighted by Crippen LogP contribution is -2.01. The molecule has 61 heavy (non-hydrogen) atoms. The van der Waals surface area contributed by atoms with Crippen LogP contribution < -0.4 is 0 Å². The zero-order chi connectivity index (χ0) is 40.0. The van der Waals surface area contributed by atoms with Crippen molar-refractivity contribution in [3.05, 3.63) is 194 Å². The minimum absolute atomic E-state index is 0.572. The summed E-state index contributed by atoms with van der Waals surface area (Å²) in [5.41, 5.74) is 11.5. The largest absolute Gasteiger partial charge is 0.456 e. The summed E-state index contributed by atoms with van der Waals surface area (Å²) < 4.78 is 15.1. The first kappa shape index (κ1) is 33.6. The second-order valence-corrected chi connectivity index (χ2v) is 15.5. The molecule has 0 saturated carbocycles. The lowest BCUT2D eigenvalue weighted by Gasteiger charge is -2.14. The highest BCUT2D eigenvalue weighted by molar-refractivity contribution is 6.25. The number of aromatic nitrogens is 4. The number of rotatable bonds is 5. The monoisotopic (exact) mass is 780 g/mol. The average molecular weight is 781 g/mol. The highest BCUT2D eigenvalue weighted by Gasteiger charge is 2.22. The van der Waals surface area contributed by atoms with Crippen LogP contribution >= 0.6 is 0 Å². The van der Waals surface area contributed by atoms with Crippen LogP contribution in [0.15, 0.2) is 203 Å². The molecule has 0 amide bonds. The summed E-state index contributed by atoms with van der Waals surface area (Å²) in [5.74, 6) is 1.75. The molecule has 13 aromatic rings. The molecule has 0 aliphatic rings. The maximum atomic E-state index is 6.41. The Morgan fingerprint density at radius 2 is 0.934 bits per heavy atom. The van der Waals surface area contributed by atoms with Crippen LogP contribution in [0.2, 0.25) is 0 Å². The van der Waals surface area contributed by atoms with Gasteiger partial charge in [0.1, 0.15) is 22.3 Å². The Kier molecular flexibility index (Phi) is 7.21. The fourth-order valence-corrected chi connectivity index (χ4v) is 9.32. The van der Waals surface area contributed by atoms with Gasteiger partial charge in [0.15, 0.2) is 17.5 Å². The first-order valence-electron chi connectivity index (χ1n) is 20.4. The molecule has 0 N–H and O–H groups in total. The van der Waals surface area contributed by atoms with Gasteiger partial charge >= 0.3 is 0 Å². The lowest BCUT2D eigenvalue weighted by molar-refractivity contribution is 0.668. The summed E-state index contributed by atoms with van der Waals surface area (Å²) in [4.78, 5) is 15.4. The van der Waals surface area contributed by atoms with Crippen LogP contribution in [-0.2, 0) is 0 Å². The van der Waals surface area contributed by atoms with E-state index in [0.29, 0.717) is 17.5 Å². The van der Waals surface area contributed by atoms with Gasteiger partial charge in [-0.1, -0.05) is 146 Å². The van der Waals surface area contributed by atoms with E-state index in [1.54, 1.807) is 0 Å². The number of hydrogen-bond acceptors (Lipinski definition) is 5. The minimum atomic E-state index is 0.572. The lowest BCUT2D eigenvalue weighted by atomic mass is 9.96. The normalized spacial score (nSPS) is 11.9. The quantitative estimate of drug-likeness (QED) is 0.174. The minimum Gasteiger partial charge on any atom is -0.456 e. The maximum Gasteiger partial charge on any atom is 0.164 e. The summed E-state index contributed by atoms with van der Waals surface area (Å²) in [6.45, 7) is 0. The van der Waals surface area contributed by atoms with Crippen molar-refractivity contribution in [1.82, 2.24) is 19.5 Å². The third-order valence-electron chi connectivity index (χ3n) is 12.0. The zero-order valence-corrected chi connectivity index (χ0v) is 32.6. The second-order valence-electron chi connectivity index (χ2n) is 15.5. The van der Waals surface area contributed by atoms with Gasteiger partial charge in [0.05, 0.1) is 11.0 Å². The van der Waals surface area contributed by atoms with Crippen LogP contribution in [0.4, 0.5) is 0 Å². The van der Waals surface area contributed by atoms with Crippen molar-refractivity contribution in [1.29, 1.82) is 0 Å². The van der Waals surface area contributed by atoms with Gasteiger partial charge < -0.3 is 13.4 Å². The van der Waals surface area contributed by atoms with E-state index < -0.39 is 0 Å². The molecule has 4 aromatic heterocycles. The van der Waals surface area contributed by atoms with Crippen molar-refractivity contribution in [3.8, 4) is 51.0 Å². The van der Waals surface area contributed by atoms with E-state index in [1.807, 2.05) is 66.7 Å². The Hall–Kier alpha value is -8.35. The van der Waals surface area contributed by atoms with Crippen molar-refractivity contribution < 1.29 is 8.83 Å². The van der Waals surface area contributed by atoms with Crippen LogP contribution in [0.5, 0.6) is 0 Å². The van der Waals surface area contributed by atoms with E-state index in [9.17, 15) is 0 Å². The molecule has 0 bridgehead atoms. The van der Waals surface area contributed by atoms with E-state index in [2.05, 4.69) is 132 Å². The number of benzene rings is 9. The predicted octanol–water partition coefficient (Wildman–Crippen LogP) is 14.6. The number of para-hydroxylation sites is 3. The molecule has 9 aromatic carbocycles. The Balaban J connectivity index is 1.06. The van der Waals surface area contributed by atoms with Crippen molar-refractivity contribution >= 4 is 76.5 Å². The molecule has 0 aliphatic heterocycles. The molecule has 0 atom stereocenters. The molecule has 284 valence electrons. The van der Waals surface area contributed by atoms with Gasteiger partial charge in [-0.25, -0.2) is 15.0 Å². The van der Waals surface area contributed by atoms with Gasteiger partial charge in [-0.15, -0.1) is 0 Å². The standard InChI is InChI=1S/C55H32N4O2/c1-2-14-34(15-3-1)53-56-54(58-55(57-53)36-27-29-40-39-19-6-8-24-46(39)61-49(40)32-36)35-16-10-17-37(31-35)59-45-30-28-33-13-4-5-18-38(33)50(45)44-23-11-22-42(52(44)59)41-21-12-26-48-51(41)43-20-7-9-25-47(43)60-48/h1-32H. The molecular weight excluding hydrogens is 749 g/mol. The Labute approximate surface area is 348 Å². The maximum absolute atomic E-state index is 6.41. The zero-order valence-electron chi connectivity index (χ0n) is 32.6. The fourth-order valence-electron chi connectivity index (χ4n) is 9.32. The fraction of sp³-hybridized carbons (Fsp3) is 0. The summed E-state index contributed by atoms with van der Waals surface area (Å²) in [5, 5.41) is 9.13. The molecule has 6 nitrogen and oxygen atoms in total. The van der Waals surface area contributed by atoms with E-state index in [1.165, 1.54) is 21.5 Å². The van der Waals surface area contributed by atoms with E-state index in [4.69, 9.17) is 23.8 Å². The van der Waals surface area contributed by atoms with Crippen molar-refractivity contribution in [3.63, 3.8) is 0 Å². The van der Waals surface area contributed by atoms with Crippen LogP contribution in [0.1, 0.15) is 0 Å². The SMILES string of the molecule is c1ccc(-c2nc(-c3cccc(-n4c5ccc6ccccc6c5c5cccc(-c6cccc7oc8ccccc8c67)c54)c3)nc(-c3ccc4c(c3)oc3ccccc34)n2)cc1. The number of fused-ring (bicyclic) bond motifs is 11. The molecule has 6 heteroatoms. The molecule has 4 heterocycles. The average Bonchev–Trinajstić information content (AvgIpc) is 4.01. The molecule has 0 radical (unpaired) electrons. The highest BCUT2D eigenvalue weighted by atomic mass is 16.3. The van der Waals surface area contributed by atoms with Gasteiger partial charge in [0.2, 0.25) is 0 Å². The number of furan rings is 2.